The van der Waals surface area contributed by atoms with E-state index in [-0.39, 0.29) is 17.4 Å². The summed E-state index contributed by atoms with van der Waals surface area (Å²) in [7, 11) is 0. The van der Waals surface area contributed by atoms with Gasteiger partial charge in [-0.05, 0) is 69.6 Å². The summed E-state index contributed by atoms with van der Waals surface area (Å²) in [5.41, 5.74) is 0.0930. The second-order valence-corrected chi connectivity index (χ2v) is 7.40. The molecule has 0 unspecified atom stereocenters. The van der Waals surface area contributed by atoms with Crippen molar-refractivity contribution in [1.29, 1.82) is 0 Å². The lowest BCUT2D eigenvalue weighted by molar-refractivity contribution is -0.143. The molecule has 4 nitrogen and oxygen atoms in total. The van der Waals surface area contributed by atoms with Crippen molar-refractivity contribution in [3.63, 3.8) is 0 Å². The first-order valence-corrected chi connectivity index (χ1v) is 8.55. The number of amides is 1. The monoisotopic (exact) mass is 293 g/mol. The summed E-state index contributed by atoms with van der Waals surface area (Å²) in [6.07, 6.45) is 9.10. The maximum Gasteiger partial charge on any atom is 0.305 e. The smallest absolute Gasteiger partial charge is 0.305 e. The third kappa shape index (κ3) is 3.41. The summed E-state index contributed by atoms with van der Waals surface area (Å²) >= 11 is 0. The van der Waals surface area contributed by atoms with Gasteiger partial charge in [0, 0.05) is 18.4 Å². The van der Waals surface area contributed by atoms with Gasteiger partial charge in [-0.15, -0.1) is 0 Å². The van der Waals surface area contributed by atoms with Crippen LogP contribution in [0.5, 0.6) is 0 Å². The van der Waals surface area contributed by atoms with Gasteiger partial charge in [0.05, 0.1) is 6.61 Å². The molecule has 0 saturated heterocycles. The molecule has 4 fully saturated rings. The predicted octanol–water partition coefficient (Wildman–Crippen LogP) is 2.80. The number of nitrogens with one attached hydrogen (secondary N) is 1. The van der Waals surface area contributed by atoms with Crippen LogP contribution in [-0.4, -0.2) is 24.0 Å². The molecule has 4 bridgehead atoms. The topological polar surface area (TPSA) is 55.4 Å². The highest BCUT2D eigenvalue weighted by Crippen LogP contribution is 2.55. The molecule has 0 heterocycles. The number of esters is 1. The predicted molar refractivity (Wildman–Crippen MR) is 79.5 cm³/mol. The van der Waals surface area contributed by atoms with Crippen molar-refractivity contribution in [2.45, 2.75) is 70.3 Å². The molecular formula is C17H27NO3. The molecule has 0 aromatic rings. The number of carbonyl (C=O) groups excluding carboxylic acids is 2. The third-order valence-electron chi connectivity index (χ3n) is 5.53. The van der Waals surface area contributed by atoms with E-state index in [4.69, 9.17) is 4.74 Å². The molecule has 0 aliphatic heterocycles. The Morgan fingerprint density at radius 2 is 1.62 bits per heavy atom. The maximum absolute atomic E-state index is 12.2. The lowest BCUT2D eigenvalue weighted by Crippen LogP contribution is -2.59. The Bertz CT molecular complexity index is 383. The largest absolute Gasteiger partial charge is 0.466 e. The van der Waals surface area contributed by atoms with Crippen LogP contribution in [0.25, 0.3) is 0 Å². The molecule has 1 N–H and O–H groups in total. The van der Waals surface area contributed by atoms with Crippen molar-refractivity contribution >= 4 is 11.9 Å². The zero-order valence-corrected chi connectivity index (χ0v) is 13.0. The molecular weight excluding hydrogens is 266 g/mol. The van der Waals surface area contributed by atoms with Crippen LogP contribution < -0.4 is 5.32 Å². The normalized spacial score (nSPS) is 36.5. The van der Waals surface area contributed by atoms with E-state index >= 15 is 0 Å². The number of hydrogen-bond acceptors (Lipinski definition) is 3. The Balaban J connectivity index is 1.46. The van der Waals surface area contributed by atoms with E-state index in [1.165, 1.54) is 38.5 Å². The highest BCUT2D eigenvalue weighted by atomic mass is 16.5. The quantitative estimate of drug-likeness (QED) is 0.766. The highest BCUT2D eigenvalue weighted by molar-refractivity contribution is 5.77. The van der Waals surface area contributed by atoms with Crippen molar-refractivity contribution in [2.24, 2.45) is 17.8 Å². The number of carbonyl (C=O) groups is 2. The van der Waals surface area contributed by atoms with E-state index in [2.05, 4.69) is 5.32 Å². The third-order valence-corrected chi connectivity index (χ3v) is 5.53. The van der Waals surface area contributed by atoms with Gasteiger partial charge in [-0.1, -0.05) is 0 Å². The molecule has 0 aromatic heterocycles. The Labute approximate surface area is 127 Å². The molecule has 4 aliphatic rings. The lowest BCUT2D eigenvalue weighted by Gasteiger charge is -2.56. The van der Waals surface area contributed by atoms with Gasteiger partial charge in [-0.2, -0.15) is 0 Å². The van der Waals surface area contributed by atoms with Gasteiger partial charge in [0.1, 0.15) is 0 Å². The fraction of sp³-hybridized carbons (Fsp3) is 0.882. The van der Waals surface area contributed by atoms with Gasteiger partial charge in [0.2, 0.25) is 5.91 Å². The van der Waals surface area contributed by atoms with Crippen molar-refractivity contribution in [3.05, 3.63) is 0 Å². The average molecular weight is 293 g/mol. The van der Waals surface area contributed by atoms with Crippen molar-refractivity contribution in [1.82, 2.24) is 5.32 Å². The summed E-state index contributed by atoms with van der Waals surface area (Å²) < 4.78 is 4.89. The molecule has 0 radical (unpaired) electrons. The van der Waals surface area contributed by atoms with E-state index in [9.17, 15) is 9.59 Å². The lowest BCUT2D eigenvalue weighted by atomic mass is 9.53. The van der Waals surface area contributed by atoms with Gasteiger partial charge in [0.25, 0.3) is 0 Å². The summed E-state index contributed by atoms with van der Waals surface area (Å²) in [6, 6.07) is 0. The minimum absolute atomic E-state index is 0.0930. The zero-order chi connectivity index (χ0) is 14.9. The SMILES string of the molecule is CCOC(=O)CCCC(=O)NC12CC3CC(CC(C3)C1)C2. The first kappa shape index (κ1) is 14.9. The Hall–Kier alpha value is -1.06. The summed E-state index contributed by atoms with van der Waals surface area (Å²) in [6.45, 7) is 2.22. The van der Waals surface area contributed by atoms with Crippen molar-refractivity contribution < 1.29 is 14.3 Å². The standard InChI is InChI=1S/C17H27NO3/c1-2-21-16(20)5-3-4-15(19)18-17-9-12-6-13(10-17)8-14(7-12)11-17/h12-14H,2-11H2,1H3,(H,18,19). The summed E-state index contributed by atoms with van der Waals surface area (Å²) in [5.74, 6) is 2.46. The summed E-state index contributed by atoms with van der Waals surface area (Å²) in [4.78, 5) is 23.5. The molecule has 4 aliphatic carbocycles. The zero-order valence-electron chi connectivity index (χ0n) is 13.0. The van der Waals surface area contributed by atoms with Gasteiger partial charge < -0.3 is 10.1 Å². The molecule has 118 valence electrons. The molecule has 21 heavy (non-hydrogen) atoms. The second-order valence-electron chi connectivity index (χ2n) is 7.40. The molecule has 4 rings (SSSR count). The van der Waals surface area contributed by atoms with Crippen LogP contribution in [0.2, 0.25) is 0 Å². The Kier molecular flexibility index (Phi) is 4.23. The molecule has 0 spiro atoms. The second kappa shape index (κ2) is 5.98. The van der Waals surface area contributed by atoms with Gasteiger partial charge >= 0.3 is 5.97 Å². The highest BCUT2D eigenvalue weighted by Gasteiger charge is 2.51. The van der Waals surface area contributed by atoms with Crippen molar-refractivity contribution in [3.8, 4) is 0 Å². The molecule has 1 amide bonds. The number of rotatable bonds is 6. The van der Waals surface area contributed by atoms with Crippen LogP contribution in [0.1, 0.15) is 64.7 Å². The van der Waals surface area contributed by atoms with E-state index in [1.54, 1.807) is 6.92 Å². The summed E-state index contributed by atoms with van der Waals surface area (Å²) in [5, 5.41) is 3.34. The Morgan fingerprint density at radius 1 is 1.05 bits per heavy atom. The molecule has 4 saturated carbocycles. The van der Waals surface area contributed by atoms with E-state index in [0.29, 0.717) is 25.9 Å². The van der Waals surface area contributed by atoms with Crippen LogP contribution >= 0.6 is 0 Å². The minimum Gasteiger partial charge on any atom is -0.466 e. The van der Waals surface area contributed by atoms with Crippen LogP contribution in [0.15, 0.2) is 0 Å². The fourth-order valence-electron chi connectivity index (χ4n) is 5.25. The van der Waals surface area contributed by atoms with Crippen molar-refractivity contribution in [2.75, 3.05) is 6.61 Å². The first-order valence-electron chi connectivity index (χ1n) is 8.55. The number of ether oxygens (including phenoxy) is 1. The maximum atomic E-state index is 12.2. The Morgan fingerprint density at radius 3 is 2.14 bits per heavy atom. The van der Waals surface area contributed by atoms with Crippen LogP contribution in [-0.2, 0) is 14.3 Å². The first-order chi connectivity index (χ1) is 10.1. The van der Waals surface area contributed by atoms with Gasteiger partial charge in [-0.3, -0.25) is 9.59 Å². The average Bonchev–Trinajstić information content (AvgIpc) is 2.36. The van der Waals surface area contributed by atoms with Gasteiger partial charge in [-0.25, -0.2) is 0 Å². The van der Waals surface area contributed by atoms with E-state index in [0.717, 1.165) is 17.8 Å². The van der Waals surface area contributed by atoms with Crippen LogP contribution in [0.4, 0.5) is 0 Å². The van der Waals surface area contributed by atoms with E-state index < -0.39 is 0 Å². The minimum atomic E-state index is -0.194. The molecule has 0 atom stereocenters. The van der Waals surface area contributed by atoms with E-state index in [1.807, 2.05) is 0 Å². The molecule has 0 aromatic carbocycles. The number of hydrogen-bond donors (Lipinski definition) is 1. The fourth-order valence-corrected chi connectivity index (χ4v) is 5.25. The molecule has 4 heteroatoms. The van der Waals surface area contributed by atoms with Crippen LogP contribution in [0.3, 0.4) is 0 Å². The van der Waals surface area contributed by atoms with Gasteiger partial charge in [0.15, 0.2) is 0 Å². The van der Waals surface area contributed by atoms with Crippen LogP contribution in [0, 0.1) is 17.8 Å².